The van der Waals surface area contributed by atoms with Crippen LogP contribution in [0.25, 0.3) is 0 Å². The van der Waals surface area contributed by atoms with Crippen LogP contribution in [0.5, 0.6) is 0 Å². The lowest BCUT2D eigenvalue weighted by Gasteiger charge is -2.19. The molecule has 0 aliphatic carbocycles. The van der Waals surface area contributed by atoms with Crippen molar-refractivity contribution in [2.75, 3.05) is 12.3 Å². The first-order valence-corrected chi connectivity index (χ1v) is 6.39. The van der Waals surface area contributed by atoms with Gasteiger partial charge in [-0.05, 0) is 42.8 Å². The molecule has 0 saturated heterocycles. The fourth-order valence-corrected chi connectivity index (χ4v) is 1.59. The number of esters is 1. The number of nitrogens with zero attached hydrogens (tertiary/aromatic N) is 1. The SMILES string of the molecule is CC(C)(C)OC(=O)CNC(=O)c1cc(Br)cnc1N. The molecule has 1 rings (SSSR count). The molecular formula is C12H16BrN3O3. The highest BCUT2D eigenvalue weighted by molar-refractivity contribution is 9.10. The Kier molecular flexibility index (Phi) is 4.88. The summed E-state index contributed by atoms with van der Waals surface area (Å²) in [6, 6.07) is 1.53. The second kappa shape index (κ2) is 6.01. The number of hydrogen-bond donors (Lipinski definition) is 2. The van der Waals surface area contributed by atoms with Gasteiger partial charge >= 0.3 is 5.97 Å². The maximum absolute atomic E-state index is 11.8. The lowest BCUT2D eigenvalue weighted by atomic mass is 10.2. The highest BCUT2D eigenvalue weighted by Crippen LogP contribution is 2.15. The van der Waals surface area contributed by atoms with Gasteiger partial charge in [-0.25, -0.2) is 4.98 Å². The van der Waals surface area contributed by atoms with Crippen LogP contribution >= 0.6 is 15.9 Å². The van der Waals surface area contributed by atoms with Crippen LogP contribution in [0.2, 0.25) is 0 Å². The number of hydrogen-bond acceptors (Lipinski definition) is 5. The van der Waals surface area contributed by atoms with E-state index in [0.717, 1.165) is 0 Å². The molecule has 19 heavy (non-hydrogen) atoms. The molecule has 0 aliphatic heterocycles. The molecule has 0 unspecified atom stereocenters. The number of aromatic nitrogens is 1. The summed E-state index contributed by atoms with van der Waals surface area (Å²) in [5, 5.41) is 2.44. The molecule has 1 heterocycles. The number of anilines is 1. The number of halogens is 1. The fraction of sp³-hybridized carbons (Fsp3) is 0.417. The predicted molar refractivity (Wildman–Crippen MR) is 74.5 cm³/mol. The van der Waals surface area contributed by atoms with Crippen LogP contribution in [0.4, 0.5) is 5.82 Å². The van der Waals surface area contributed by atoms with Crippen LogP contribution in [0.15, 0.2) is 16.7 Å². The van der Waals surface area contributed by atoms with Gasteiger partial charge in [0.05, 0.1) is 5.56 Å². The van der Waals surface area contributed by atoms with Crippen molar-refractivity contribution in [1.29, 1.82) is 0 Å². The molecule has 0 spiro atoms. The summed E-state index contributed by atoms with van der Waals surface area (Å²) in [6.45, 7) is 5.04. The zero-order valence-corrected chi connectivity index (χ0v) is 12.6. The van der Waals surface area contributed by atoms with Gasteiger partial charge in [-0.3, -0.25) is 9.59 Å². The van der Waals surface area contributed by atoms with E-state index in [2.05, 4.69) is 26.2 Å². The van der Waals surface area contributed by atoms with Crippen molar-refractivity contribution in [2.24, 2.45) is 0 Å². The van der Waals surface area contributed by atoms with Crippen molar-refractivity contribution in [2.45, 2.75) is 26.4 Å². The quantitative estimate of drug-likeness (QED) is 0.819. The van der Waals surface area contributed by atoms with Crippen molar-refractivity contribution in [1.82, 2.24) is 10.3 Å². The van der Waals surface area contributed by atoms with E-state index in [-0.39, 0.29) is 17.9 Å². The van der Waals surface area contributed by atoms with Gasteiger partial charge in [0.15, 0.2) is 0 Å². The smallest absolute Gasteiger partial charge is 0.325 e. The average molecular weight is 330 g/mol. The van der Waals surface area contributed by atoms with Gasteiger partial charge in [0.1, 0.15) is 18.0 Å². The molecule has 7 heteroatoms. The highest BCUT2D eigenvalue weighted by Gasteiger charge is 2.18. The van der Waals surface area contributed by atoms with Crippen LogP contribution < -0.4 is 11.1 Å². The first-order valence-electron chi connectivity index (χ1n) is 5.60. The number of rotatable bonds is 3. The van der Waals surface area contributed by atoms with Gasteiger partial charge in [0.25, 0.3) is 5.91 Å². The molecule has 0 aromatic carbocycles. The minimum atomic E-state index is -0.585. The molecule has 6 nitrogen and oxygen atoms in total. The van der Waals surface area contributed by atoms with Crippen molar-refractivity contribution in [3.63, 3.8) is 0 Å². The summed E-state index contributed by atoms with van der Waals surface area (Å²) in [6.07, 6.45) is 1.49. The van der Waals surface area contributed by atoms with E-state index < -0.39 is 17.5 Å². The largest absolute Gasteiger partial charge is 0.459 e. The molecule has 1 amide bonds. The zero-order valence-electron chi connectivity index (χ0n) is 11.0. The molecule has 0 radical (unpaired) electrons. The number of nitrogens with one attached hydrogen (secondary N) is 1. The third kappa shape index (κ3) is 5.25. The minimum Gasteiger partial charge on any atom is -0.459 e. The molecule has 104 valence electrons. The van der Waals surface area contributed by atoms with E-state index in [1.54, 1.807) is 20.8 Å². The van der Waals surface area contributed by atoms with E-state index in [1.807, 2.05) is 0 Å². The lowest BCUT2D eigenvalue weighted by Crippen LogP contribution is -2.35. The summed E-state index contributed by atoms with van der Waals surface area (Å²) in [5.41, 5.74) is 5.21. The van der Waals surface area contributed by atoms with Gasteiger partial charge in [0.2, 0.25) is 0 Å². The highest BCUT2D eigenvalue weighted by atomic mass is 79.9. The Morgan fingerprint density at radius 3 is 2.68 bits per heavy atom. The topological polar surface area (TPSA) is 94.3 Å². The second-order valence-electron chi connectivity index (χ2n) is 4.86. The van der Waals surface area contributed by atoms with Crippen molar-refractivity contribution >= 4 is 33.6 Å². The fourth-order valence-electron chi connectivity index (χ4n) is 1.26. The van der Waals surface area contributed by atoms with Gasteiger partial charge in [-0.15, -0.1) is 0 Å². The number of amides is 1. The first kappa shape index (κ1) is 15.4. The standard InChI is InChI=1S/C12H16BrN3O3/c1-12(2,3)19-9(17)6-16-11(18)8-4-7(13)5-15-10(8)14/h4-5H,6H2,1-3H3,(H2,14,15)(H,16,18). The number of nitrogens with two attached hydrogens (primary N) is 1. The average Bonchev–Trinajstić information content (AvgIpc) is 2.27. The molecular weight excluding hydrogens is 314 g/mol. The monoisotopic (exact) mass is 329 g/mol. The maximum atomic E-state index is 11.8. The maximum Gasteiger partial charge on any atom is 0.325 e. The number of nitrogen functional groups attached to an aromatic ring is 1. The molecule has 0 bridgehead atoms. The van der Waals surface area contributed by atoms with E-state index in [0.29, 0.717) is 4.47 Å². The van der Waals surface area contributed by atoms with Gasteiger partial charge < -0.3 is 15.8 Å². The number of carbonyl (C=O) groups excluding carboxylic acids is 2. The van der Waals surface area contributed by atoms with Crippen LogP contribution in [0.3, 0.4) is 0 Å². The summed E-state index contributed by atoms with van der Waals surface area (Å²) >= 11 is 3.19. The molecule has 0 aliphatic rings. The Labute approximate surface area is 119 Å². The summed E-state index contributed by atoms with van der Waals surface area (Å²) in [5.74, 6) is -0.885. The summed E-state index contributed by atoms with van der Waals surface area (Å²) in [4.78, 5) is 27.1. The van der Waals surface area contributed by atoms with Gasteiger partial charge in [-0.2, -0.15) is 0 Å². The van der Waals surface area contributed by atoms with E-state index in [9.17, 15) is 9.59 Å². The lowest BCUT2D eigenvalue weighted by molar-refractivity contribution is -0.153. The van der Waals surface area contributed by atoms with Crippen molar-refractivity contribution < 1.29 is 14.3 Å². The van der Waals surface area contributed by atoms with Gasteiger partial charge in [0, 0.05) is 10.7 Å². The van der Waals surface area contributed by atoms with E-state index >= 15 is 0 Å². The van der Waals surface area contributed by atoms with Gasteiger partial charge in [-0.1, -0.05) is 0 Å². The second-order valence-corrected chi connectivity index (χ2v) is 5.77. The normalized spacial score (nSPS) is 10.9. The van der Waals surface area contributed by atoms with E-state index in [4.69, 9.17) is 10.5 Å². The Morgan fingerprint density at radius 2 is 2.11 bits per heavy atom. The van der Waals surface area contributed by atoms with Crippen LogP contribution in [-0.4, -0.2) is 29.0 Å². The predicted octanol–water partition coefficient (Wildman–Crippen LogP) is 1.50. The third-order valence-corrected chi connectivity index (χ3v) is 2.38. The first-order chi connectivity index (χ1) is 8.69. The van der Waals surface area contributed by atoms with Crippen molar-refractivity contribution in [3.8, 4) is 0 Å². The van der Waals surface area contributed by atoms with Crippen LogP contribution in [0, 0.1) is 0 Å². The number of pyridine rings is 1. The molecule has 3 N–H and O–H groups in total. The summed E-state index contributed by atoms with van der Waals surface area (Å²) in [7, 11) is 0. The molecule has 0 atom stereocenters. The zero-order chi connectivity index (χ0) is 14.6. The minimum absolute atomic E-state index is 0.102. The third-order valence-electron chi connectivity index (χ3n) is 1.94. The Bertz CT molecular complexity index is 497. The molecule has 0 fully saturated rings. The molecule has 1 aromatic heterocycles. The Morgan fingerprint density at radius 1 is 1.47 bits per heavy atom. The van der Waals surface area contributed by atoms with Crippen molar-refractivity contribution in [3.05, 3.63) is 22.3 Å². The molecule has 1 aromatic rings. The van der Waals surface area contributed by atoms with Crippen LogP contribution in [0.1, 0.15) is 31.1 Å². The Balaban J connectivity index is 2.61. The van der Waals surface area contributed by atoms with E-state index in [1.165, 1.54) is 12.3 Å². The molecule has 0 saturated carbocycles. The van der Waals surface area contributed by atoms with Crippen LogP contribution in [-0.2, 0) is 9.53 Å². The summed E-state index contributed by atoms with van der Waals surface area (Å²) < 4.78 is 5.70. The number of ether oxygens (including phenoxy) is 1. The number of carbonyl (C=O) groups is 2. The Hall–Kier alpha value is -1.63.